The van der Waals surface area contributed by atoms with Gasteiger partial charge in [0.15, 0.2) is 0 Å². The van der Waals surface area contributed by atoms with Gasteiger partial charge in [0.05, 0.1) is 18.5 Å². The zero-order chi connectivity index (χ0) is 14.4. The summed E-state index contributed by atoms with van der Waals surface area (Å²) in [5.74, 6) is 1.54. The number of aromatic nitrogens is 1. The summed E-state index contributed by atoms with van der Waals surface area (Å²) < 4.78 is 10.9. The van der Waals surface area contributed by atoms with E-state index in [0.29, 0.717) is 18.5 Å². The summed E-state index contributed by atoms with van der Waals surface area (Å²) in [6.45, 7) is 9.64. The summed E-state index contributed by atoms with van der Waals surface area (Å²) in [5, 5.41) is 3.36. The number of hydrogen-bond acceptors (Lipinski definition) is 5. The van der Waals surface area contributed by atoms with Gasteiger partial charge in [0.25, 0.3) is 6.01 Å². The Kier molecular flexibility index (Phi) is 5.24. The second-order valence-electron chi connectivity index (χ2n) is 5.24. The largest absolute Gasteiger partial charge is 0.467 e. The standard InChI is InChI=1S/C15H23N3O2/c1-4-18(10-14-6-5-7-19-14)15-17-13(11-20-15)9-16-8-12(2)3/h5-7,11-12,16H,4,8-10H2,1-3H3. The molecule has 1 N–H and O–H groups in total. The van der Waals surface area contributed by atoms with Gasteiger partial charge in [0, 0.05) is 13.1 Å². The van der Waals surface area contributed by atoms with Gasteiger partial charge < -0.3 is 19.1 Å². The van der Waals surface area contributed by atoms with Gasteiger partial charge in [-0.15, -0.1) is 0 Å². The molecule has 110 valence electrons. The Balaban J connectivity index is 1.92. The quantitative estimate of drug-likeness (QED) is 0.803. The van der Waals surface area contributed by atoms with Crippen molar-refractivity contribution >= 4 is 6.01 Å². The summed E-state index contributed by atoms with van der Waals surface area (Å²) in [7, 11) is 0. The third kappa shape index (κ3) is 4.13. The SMILES string of the molecule is CCN(Cc1ccco1)c1nc(CNCC(C)C)co1. The van der Waals surface area contributed by atoms with Gasteiger partial charge in [0.1, 0.15) is 12.0 Å². The molecular formula is C15H23N3O2. The van der Waals surface area contributed by atoms with Crippen LogP contribution in [0.3, 0.4) is 0 Å². The Morgan fingerprint density at radius 2 is 2.20 bits per heavy atom. The fourth-order valence-corrected chi connectivity index (χ4v) is 1.92. The first-order valence-corrected chi connectivity index (χ1v) is 7.11. The van der Waals surface area contributed by atoms with E-state index < -0.39 is 0 Å². The first-order chi connectivity index (χ1) is 9.69. The van der Waals surface area contributed by atoms with Gasteiger partial charge in [-0.25, -0.2) is 0 Å². The minimum atomic E-state index is 0.632. The summed E-state index contributed by atoms with van der Waals surface area (Å²) >= 11 is 0. The normalized spacial score (nSPS) is 11.2. The zero-order valence-corrected chi connectivity index (χ0v) is 12.4. The predicted octanol–water partition coefficient (Wildman–Crippen LogP) is 3.04. The van der Waals surface area contributed by atoms with Crippen molar-refractivity contribution in [3.05, 3.63) is 36.1 Å². The third-order valence-corrected chi connectivity index (χ3v) is 2.98. The molecule has 0 aliphatic heterocycles. The number of anilines is 1. The first kappa shape index (κ1) is 14.7. The number of oxazole rings is 1. The molecule has 0 radical (unpaired) electrons. The maximum atomic E-state index is 5.56. The van der Waals surface area contributed by atoms with Crippen LogP contribution in [0.4, 0.5) is 6.01 Å². The van der Waals surface area contributed by atoms with E-state index in [1.165, 1.54) is 0 Å². The lowest BCUT2D eigenvalue weighted by atomic mass is 10.2. The van der Waals surface area contributed by atoms with Gasteiger partial charge in [-0.1, -0.05) is 13.8 Å². The van der Waals surface area contributed by atoms with E-state index in [2.05, 4.69) is 31.1 Å². The molecule has 2 heterocycles. The Labute approximate surface area is 120 Å². The zero-order valence-electron chi connectivity index (χ0n) is 12.4. The molecule has 5 nitrogen and oxygen atoms in total. The molecule has 0 aliphatic carbocycles. The number of nitrogens with one attached hydrogen (secondary N) is 1. The van der Waals surface area contributed by atoms with Gasteiger partial charge in [-0.05, 0) is 31.5 Å². The molecule has 2 rings (SSSR count). The molecule has 0 aliphatic rings. The van der Waals surface area contributed by atoms with Crippen LogP contribution >= 0.6 is 0 Å². The minimum Gasteiger partial charge on any atom is -0.467 e. The first-order valence-electron chi connectivity index (χ1n) is 7.11. The van der Waals surface area contributed by atoms with E-state index in [1.54, 1.807) is 12.5 Å². The topological polar surface area (TPSA) is 54.4 Å². The maximum Gasteiger partial charge on any atom is 0.297 e. The smallest absolute Gasteiger partial charge is 0.297 e. The van der Waals surface area contributed by atoms with Gasteiger partial charge in [-0.2, -0.15) is 4.98 Å². The second kappa shape index (κ2) is 7.14. The molecule has 5 heteroatoms. The molecule has 0 atom stereocenters. The van der Waals surface area contributed by atoms with Gasteiger partial charge in [-0.3, -0.25) is 0 Å². The lowest BCUT2D eigenvalue weighted by molar-refractivity contribution is 0.480. The monoisotopic (exact) mass is 277 g/mol. The van der Waals surface area contributed by atoms with Crippen LogP contribution < -0.4 is 10.2 Å². The summed E-state index contributed by atoms with van der Waals surface area (Å²) in [6.07, 6.45) is 3.40. The van der Waals surface area contributed by atoms with E-state index in [-0.39, 0.29) is 0 Å². The molecule has 20 heavy (non-hydrogen) atoms. The van der Waals surface area contributed by atoms with Crippen molar-refractivity contribution in [3.8, 4) is 0 Å². The lowest BCUT2D eigenvalue weighted by Gasteiger charge is -2.16. The summed E-state index contributed by atoms with van der Waals surface area (Å²) in [6, 6.07) is 4.49. The summed E-state index contributed by atoms with van der Waals surface area (Å²) in [4.78, 5) is 6.56. The van der Waals surface area contributed by atoms with Crippen LogP contribution in [-0.4, -0.2) is 18.1 Å². The molecule has 0 bridgehead atoms. The third-order valence-electron chi connectivity index (χ3n) is 2.98. The van der Waals surface area contributed by atoms with Crippen molar-refractivity contribution in [3.63, 3.8) is 0 Å². The molecular weight excluding hydrogens is 254 g/mol. The second-order valence-corrected chi connectivity index (χ2v) is 5.24. The van der Waals surface area contributed by atoms with Crippen molar-refractivity contribution in [2.24, 2.45) is 5.92 Å². The van der Waals surface area contributed by atoms with Crippen LogP contribution in [0.5, 0.6) is 0 Å². The minimum absolute atomic E-state index is 0.632. The van der Waals surface area contributed by atoms with Crippen molar-refractivity contribution < 1.29 is 8.83 Å². The van der Waals surface area contributed by atoms with Crippen molar-refractivity contribution in [1.29, 1.82) is 0 Å². The van der Waals surface area contributed by atoms with E-state index in [1.807, 2.05) is 17.0 Å². The highest BCUT2D eigenvalue weighted by Crippen LogP contribution is 2.16. The molecule has 0 aromatic carbocycles. The molecule has 0 amide bonds. The molecule has 2 aromatic rings. The van der Waals surface area contributed by atoms with Gasteiger partial charge >= 0.3 is 0 Å². The van der Waals surface area contributed by atoms with Crippen LogP contribution in [0.25, 0.3) is 0 Å². The van der Waals surface area contributed by atoms with E-state index in [4.69, 9.17) is 8.83 Å². The van der Waals surface area contributed by atoms with Crippen molar-refractivity contribution in [1.82, 2.24) is 10.3 Å². The number of rotatable bonds is 8. The van der Waals surface area contributed by atoms with Crippen LogP contribution in [0, 0.1) is 5.92 Å². The van der Waals surface area contributed by atoms with Crippen LogP contribution in [0.1, 0.15) is 32.2 Å². The average molecular weight is 277 g/mol. The number of nitrogens with zero attached hydrogens (tertiary/aromatic N) is 2. The molecule has 2 aromatic heterocycles. The molecule has 0 unspecified atom stereocenters. The van der Waals surface area contributed by atoms with Crippen LogP contribution in [0.15, 0.2) is 33.5 Å². The fourth-order valence-electron chi connectivity index (χ4n) is 1.92. The molecule has 0 spiro atoms. The summed E-state index contributed by atoms with van der Waals surface area (Å²) in [5.41, 5.74) is 0.929. The van der Waals surface area contributed by atoms with Crippen LogP contribution in [0.2, 0.25) is 0 Å². The van der Waals surface area contributed by atoms with E-state index >= 15 is 0 Å². The predicted molar refractivity (Wildman–Crippen MR) is 78.5 cm³/mol. The molecule has 0 fully saturated rings. The van der Waals surface area contributed by atoms with Crippen LogP contribution in [-0.2, 0) is 13.1 Å². The molecule has 0 saturated heterocycles. The lowest BCUT2D eigenvalue weighted by Crippen LogP contribution is -2.22. The average Bonchev–Trinajstić information content (AvgIpc) is 3.06. The Bertz CT molecular complexity index is 491. The van der Waals surface area contributed by atoms with Crippen molar-refractivity contribution in [2.75, 3.05) is 18.0 Å². The highest BCUT2D eigenvalue weighted by molar-refractivity contribution is 5.27. The highest BCUT2D eigenvalue weighted by Gasteiger charge is 2.13. The number of hydrogen-bond donors (Lipinski definition) is 1. The van der Waals surface area contributed by atoms with Gasteiger partial charge in [0.2, 0.25) is 0 Å². The fraction of sp³-hybridized carbons (Fsp3) is 0.533. The van der Waals surface area contributed by atoms with E-state index in [9.17, 15) is 0 Å². The van der Waals surface area contributed by atoms with E-state index in [0.717, 1.165) is 31.1 Å². The highest BCUT2D eigenvalue weighted by atomic mass is 16.4. The Hall–Kier alpha value is -1.75. The number of furan rings is 1. The van der Waals surface area contributed by atoms with Crippen molar-refractivity contribution in [2.45, 2.75) is 33.9 Å². The Morgan fingerprint density at radius 3 is 2.85 bits per heavy atom. The maximum absolute atomic E-state index is 5.56. The Morgan fingerprint density at radius 1 is 1.35 bits per heavy atom. The molecule has 0 saturated carbocycles.